The largest absolute Gasteiger partial charge is 0.453 e. The van der Waals surface area contributed by atoms with Gasteiger partial charge in [-0.1, -0.05) is 0 Å². The Balaban J connectivity index is 2.08. The minimum Gasteiger partial charge on any atom is -0.453 e. The normalized spacial score (nSPS) is 15.4. The Bertz CT molecular complexity index is 994. The van der Waals surface area contributed by atoms with Crippen molar-refractivity contribution in [1.29, 1.82) is 0 Å². The lowest BCUT2D eigenvalue weighted by atomic mass is 10.1. The van der Waals surface area contributed by atoms with Gasteiger partial charge in [-0.15, -0.1) is 0 Å². The molecule has 2 rings (SSSR count). The quantitative estimate of drug-likeness (QED) is 0.0849. The molecule has 0 radical (unpaired) electrons. The number of non-ortho nitro benzene ring substituents is 1. The van der Waals surface area contributed by atoms with Crippen LogP contribution >= 0.6 is 0 Å². The van der Waals surface area contributed by atoms with Crippen LogP contribution < -0.4 is 27.4 Å². The summed E-state index contributed by atoms with van der Waals surface area (Å²) in [4.78, 5) is 65.2. The van der Waals surface area contributed by atoms with Gasteiger partial charge in [-0.2, -0.15) is 0 Å². The highest BCUT2D eigenvalue weighted by atomic mass is 16.6. The average Bonchev–Trinajstić information content (AvgIpc) is 3.34. The van der Waals surface area contributed by atoms with Crippen LogP contribution in [0.3, 0.4) is 0 Å². The number of nitrogens with zero attached hydrogens (tertiary/aromatic N) is 3. The van der Waals surface area contributed by atoms with Gasteiger partial charge in [-0.3, -0.25) is 29.5 Å². The predicted molar refractivity (Wildman–Crippen MR) is 129 cm³/mol. The van der Waals surface area contributed by atoms with Crippen molar-refractivity contribution in [2.45, 2.75) is 37.8 Å². The van der Waals surface area contributed by atoms with E-state index in [-0.39, 0.29) is 31.2 Å². The van der Waals surface area contributed by atoms with E-state index in [0.717, 1.165) is 0 Å². The van der Waals surface area contributed by atoms with Crippen LogP contribution in [0.15, 0.2) is 29.3 Å². The zero-order valence-electron chi connectivity index (χ0n) is 19.8. The molecule has 1 aliphatic heterocycles. The SMILES string of the molecule is COC(=O)NCC(=O)N1CCCC1C(=O)NC(CCCN=C(N)N)C(=O)Nc1ccc([N+](=O)[O-])cc1. The summed E-state index contributed by atoms with van der Waals surface area (Å²) in [7, 11) is 1.17. The lowest BCUT2D eigenvalue weighted by Crippen LogP contribution is -2.53. The Morgan fingerprint density at radius 2 is 1.94 bits per heavy atom. The number of likely N-dealkylation sites (tertiary alicyclic amines) is 1. The molecular formula is C21H30N8O7. The van der Waals surface area contributed by atoms with E-state index < -0.39 is 40.8 Å². The second-order valence-corrected chi connectivity index (χ2v) is 7.89. The number of nitro benzene ring substituents is 1. The highest BCUT2D eigenvalue weighted by Crippen LogP contribution is 2.19. The van der Waals surface area contributed by atoms with E-state index in [2.05, 4.69) is 25.7 Å². The van der Waals surface area contributed by atoms with Crippen molar-refractivity contribution in [2.24, 2.45) is 16.5 Å². The van der Waals surface area contributed by atoms with Gasteiger partial charge >= 0.3 is 6.09 Å². The lowest BCUT2D eigenvalue weighted by molar-refractivity contribution is -0.384. The zero-order chi connectivity index (χ0) is 26.7. The average molecular weight is 507 g/mol. The van der Waals surface area contributed by atoms with Crippen molar-refractivity contribution in [2.75, 3.05) is 32.1 Å². The molecule has 15 heteroatoms. The Kier molecular flexibility index (Phi) is 10.4. The van der Waals surface area contributed by atoms with Gasteiger partial charge in [0.25, 0.3) is 5.69 Å². The van der Waals surface area contributed by atoms with Gasteiger partial charge in [0, 0.05) is 30.9 Å². The number of guanidine groups is 1. The molecule has 196 valence electrons. The first-order chi connectivity index (χ1) is 17.1. The molecule has 0 aliphatic carbocycles. The maximum Gasteiger partial charge on any atom is 0.407 e. The van der Waals surface area contributed by atoms with Crippen LogP contribution in [0, 0.1) is 10.1 Å². The summed E-state index contributed by atoms with van der Waals surface area (Å²) < 4.78 is 4.44. The summed E-state index contributed by atoms with van der Waals surface area (Å²) in [5.41, 5.74) is 10.8. The highest BCUT2D eigenvalue weighted by molar-refractivity contribution is 5.98. The molecule has 1 aromatic rings. The van der Waals surface area contributed by atoms with Gasteiger partial charge in [0.1, 0.15) is 18.6 Å². The van der Waals surface area contributed by atoms with Crippen LogP contribution in [0.2, 0.25) is 0 Å². The van der Waals surface area contributed by atoms with Crippen LogP contribution in [0.1, 0.15) is 25.7 Å². The van der Waals surface area contributed by atoms with E-state index >= 15 is 0 Å². The van der Waals surface area contributed by atoms with Crippen LogP contribution in [0.5, 0.6) is 0 Å². The number of ether oxygens (including phenoxy) is 1. The minimum absolute atomic E-state index is 0.105. The Morgan fingerprint density at radius 1 is 1.25 bits per heavy atom. The molecule has 1 fully saturated rings. The molecule has 36 heavy (non-hydrogen) atoms. The number of rotatable bonds is 11. The fourth-order valence-corrected chi connectivity index (χ4v) is 3.60. The summed E-state index contributed by atoms with van der Waals surface area (Å²) in [5.74, 6) is -1.64. The third kappa shape index (κ3) is 8.41. The minimum atomic E-state index is -0.993. The van der Waals surface area contributed by atoms with Gasteiger partial charge < -0.3 is 37.1 Å². The third-order valence-electron chi connectivity index (χ3n) is 5.37. The van der Waals surface area contributed by atoms with Crippen LogP contribution in [0.4, 0.5) is 16.2 Å². The van der Waals surface area contributed by atoms with Gasteiger partial charge in [-0.05, 0) is 37.8 Å². The maximum atomic E-state index is 13.0. The molecular weight excluding hydrogens is 476 g/mol. The smallest absolute Gasteiger partial charge is 0.407 e. The second-order valence-electron chi connectivity index (χ2n) is 7.89. The molecule has 4 amide bonds. The van der Waals surface area contributed by atoms with E-state index in [0.29, 0.717) is 31.5 Å². The first-order valence-electron chi connectivity index (χ1n) is 11.1. The van der Waals surface area contributed by atoms with Crippen LogP contribution in [0.25, 0.3) is 0 Å². The number of benzene rings is 1. The monoisotopic (exact) mass is 506 g/mol. The van der Waals surface area contributed by atoms with Crippen molar-refractivity contribution < 1.29 is 28.8 Å². The number of aliphatic imine (C=N–C) groups is 1. The number of amides is 4. The first-order valence-corrected chi connectivity index (χ1v) is 11.1. The number of alkyl carbamates (subject to hydrolysis) is 1. The van der Waals surface area contributed by atoms with Gasteiger partial charge in [-0.25, -0.2) is 4.79 Å². The second kappa shape index (κ2) is 13.5. The lowest BCUT2D eigenvalue weighted by Gasteiger charge is -2.26. The fraction of sp³-hybridized carbons (Fsp3) is 0.476. The molecule has 1 saturated heterocycles. The summed E-state index contributed by atoms with van der Waals surface area (Å²) in [6.07, 6.45) is 0.748. The molecule has 2 unspecified atom stereocenters. The molecule has 0 spiro atoms. The molecule has 1 aliphatic rings. The topological polar surface area (TPSA) is 224 Å². The van der Waals surface area contributed by atoms with E-state index in [1.54, 1.807) is 0 Å². The molecule has 15 nitrogen and oxygen atoms in total. The Morgan fingerprint density at radius 3 is 2.56 bits per heavy atom. The van der Waals surface area contributed by atoms with E-state index in [9.17, 15) is 29.3 Å². The number of hydrogen-bond donors (Lipinski definition) is 5. The van der Waals surface area contributed by atoms with Crippen molar-refractivity contribution in [3.63, 3.8) is 0 Å². The number of nitro groups is 1. The Hall–Kier alpha value is -4.43. The summed E-state index contributed by atoms with van der Waals surface area (Å²) in [6.45, 7) is 0.218. The molecule has 1 aromatic carbocycles. The van der Waals surface area contributed by atoms with E-state index in [4.69, 9.17) is 11.5 Å². The third-order valence-corrected chi connectivity index (χ3v) is 5.37. The molecule has 1 heterocycles. The molecule has 0 bridgehead atoms. The van der Waals surface area contributed by atoms with Gasteiger partial charge in [0.15, 0.2) is 5.96 Å². The molecule has 7 N–H and O–H groups in total. The number of carbonyl (C=O) groups excluding carboxylic acids is 4. The number of nitrogens with one attached hydrogen (secondary N) is 3. The summed E-state index contributed by atoms with van der Waals surface area (Å²) in [5, 5.41) is 18.4. The number of carbonyl (C=O) groups is 4. The van der Waals surface area contributed by atoms with Crippen molar-refractivity contribution in [3.8, 4) is 0 Å². The fourth-order valence-electron chi connectivity index (χ4n) is 3.60. The summed E-state index contributed by atoms with van der Waals surface area (Å²) in [6, 6.07) is 3.43. The maximum absolute atomic E-state index is 13.0. The molecule has 0 aromatic heterocycles. The number of hydrogen-bond acceptors (Lipinski definition) is 8. The van der Waals surface area contributed by atoms with E-state index in [1.165, 1.54) is 36.3 Å². The number of anilines is 1. The first kappa shape index (κ1) is 27.8. The van der Waals surface area contributed by atoms with Crippen molar-refractivity contribution >= 4 is 41.1 Å². The van der Waals surface area contributed by atoms with Crippen molar-refractivity contribution in [3.05, 3.63) is 34.4 Å². The van der Waals surface area contributed by atoms with Gasteiger partial charge in [0.2, 0.25) is 17.7 Å². The zero-order valence-corrected chi connectivity index (χ0v) is 19.8. The predicted octanol–water partition coefficient (Wildman–Crippen LogP) is -0.581. The molecule has 2 atom stereocenters. The standard InChI is InChI=1S/C21H30N8O7/c1-36-21(33)25-12-17(30)28-11-3-5-16(28)19(32)27-15(4-2-10-24-20(22)23)18(31)26-13-6-8-14(9-7-13)29(34)35/h6-9,15-16H,2-5,10-12H2,1H3,(H,25,33)(H,26,31)(H,27,32)(H4,22,23,24). The van der Waals surface area contributed by atoms with Crippen LogP contribution in [-0.2, 0) is 19.1 Å². The molecule has 0 saturated carbocycles. The summed E-state index contributed by atoms with van der Waals surface area (Å²) >= 11 is 0. The highest BCUT2D eigenvalue weighted by Gasteiger charge is 2.35. The number of nitrogens with two attached hydrogens (primary N) is 2. The van der Waals surface area contributed by atoms with Crippen LogP contribution in [-0.4, -0.2) is 78.4 Å². The van der Waals surface area contributed by atoms with Gasteiger partial charge in [0.05, 0.1) is 12.0 Å². The Labute approximate surface area is 206 Å². The number of methoxy groups -OCH3 is 1. The van der Waals surface area contributed by atoms with Crippen molar-refractivity contribution in [1.82, 2.24) is 15.5 Å². The van der Waals surface area contributed by atoms with E-state index in [1.807, 2.05) is 0 Å².